The summed E-state index contributed by atoms with van der Waals surface area (Å²) >= 11 is 0. The van der Waals surface area contributed by atoms with Gasteiger partial charge in [-0.3, -0.25) is 0 Å². The van der Waals surface area contributed by atoms with Crippen LogP contribution in [0.25, 0.3) is 0 Å². The van der Waals surface area contributed by atoms with Gasteiger partial charge in [-0.1, -0.05) is 36.4 Å². The van der Waals surface area contributed by atoms with Gasteiger partial charge in [-0.25, -0.2) is 0 Å². The van der Waals surface area contributed by atoms with Crippen molar-refractivity contribution in [1.82, 2.24) is 5.32 Å². The second-order valence-corrected chi connectivity index (χ2v) is 6.00. The maximum absolute atomic E-state index is 3.32. The zero-order chi connectivity index (χ0) is 14.8. The van der Waals surface area contributed by atoms with E-state index in [1.54, 1.807) is 0 Å². The summed E-state index contributed by atoms with van der Waals surface area (Å²) in [7, 11) is 2.02. The highest BCUT2D eigenvalue weighted by Crippen LogP contribution is 2.31. The second kappa shape index (κ2) is 5.90. The van der Waals surface area contributed by atoms with E-state index in [0.717, 1.165) is 19.5 Å². The molecule has 1 atom stereocenters. The van der Waals surface area contributed by atoms with Crippen LogP contribution in [0.5, 0.6) is 0 Å². The number of anilines is 1. The highest BCUT2D eigenvalue weighted by atomic mass is 15.1. The number of aryl methyl sites for hydroxylation is 1. The molecule has 0 saturated heterocycles. The van der Waals surface area contributed by atoms with Crippen LogP contribution < -0.4 is 10.2 Å². The van der Waals surface area contributed by atoms with Crippen LogP contribution >= 0.6 is 0 Å². The molecule has 110 valence electrons. The molecule has 1 aliphatic rings. The van der Waals surface area contributed by atoms with Gasteiger partial charge in [0.25, 0.3) is 0 Å². The van der Waals surface area contributed by atoms with Crippen LogP contribution in [-0.4, -0.2) is 13.6 Å². The summed E-state index contributed by atoms with van der Waals surface area (Å²) in [5, 5.41) is 3.32. The summed E-state index contributed by atoms with van der Waals surface area (Å²) < 4.78 is 0. The van der Waals surface area contributed by atoms with Crippen molar-refractivity contribution in [3.63, 3.8) is 0 Å². The van der Waals surface area contributed by atoms with Crippen LogP contribution in [0.2, 0.25) is 0 Å². The summed E-state index contributed by atoms with van der Waals surface area (Å²) in [6.07, 6.45) is 1.16. The third-order valence-electron chi connectivity index (χ3n) is 4.65. The molecular weight excluding hydrogens is 256 g/mol. The van der Waals surface area contributed by atoms with Gasteiger partial charge in [0.2, 0.25) is 0 Å². The molecular formula is C19H24N2. The lowest BCUT2D eigenvalue weighted by molar-refractivity contribution is 0.652. The molecule has 0 aromatic heterocycles. The second-order valence-electron chi connectivity index (χ2n) is 6.00. The molecule has 0 fully saturated rings. The molecule has 0 spiro atoms. The number of nitrogens with zero attached hydrogens (tertiary/aromatic N) is 1. The zero-order valence-electron chi connectivity index (χ0n) is 13.2. The van der Waals surface area contributed by atoms with E-state index < -0.39 is 0 Å². The van der Waals surface area contributed by atoms with Crippen molar-refractivity contribution < 1.29 is 0 Å². The number of hydrogen-bond donors (Lipinski definition) is 1. The van der Waals surface area contributed by atoms with Gasteiger partial charge in [0.1, 0.15) is 0 Å². The van der Waals surface area contributed by atoms with Gasteiger partial charge in [-0.05, 0) is 55.6 Å². The third-order valence-corrected chi connectivity index (χ3v) is 4.65. The first-order valence-corrected chi connectivity index (χ1v) is 7.78. The van der Waals surface area contributed by atoms with Crippen LogP contribution in [0.1, 0.15) is 35.2 Å². The lowest BCUT2D eigenvalue weighted by Crippen LogP contribution is -2.20. The molecule has 1 N–H and O–H groups in total. The number of fused-ring (bicyclic) bond motifs is 1. The highest BCUT2D eigenvalue weighted by molar-refractivity contribution is 5.59. The molecule has 1 heterocycles. The summed E-state index contributed by atoms with van der Waals surface area (Å²) in [5.74, 6) is 0. The third kappa shape index (κ3) is 2.81. The Morgan fingerprint density at radius 2 is 2.00 bits per heavy atom. The predicted molar refractivity (Wildman–Crippen MR) is 89.8 cm³/mol. The molecule has 0 aliphatic carbocycles. The Morgan fingerprint density at radius 1 is 1.19 bits per heavy atom. The molecule has 0 amide bonds. The van der Waals surface area contributed by atoms with E-state index in [9.17, 15) is 0 Å². The van der Waals surface area contributed by atoms with Gasteiger partial charge in [-0.15, -0.1) is 0 Å². The first-order valence-electron chi connectivity index (χ1n) is 7.78. The molecule has 2 heteroatoms. The fourth-order valence-corrected chi connectivity index (χ4v) is 3.08. The number of benzene rings is 2. The maximum Gasteiger partial charge on any atom is 0.0432 e. The molecule has 0 radical (unpaired) electrons. The minimum atomic E-state index is 0.417. The van der Waals surface area contributed by atoms with E-state index in [-0.39, 0.29) is 0 Å². The number of hydrogen-bond acceptors (Lipinski definition) is 2. The molecule has 2 aromatic rings. The SMILES string of the molecule is CNC(C)c1ccc2c(c1)CCN2Cc1ccccc1C. The van der Waals surface area contributed by atoms with Crippen molar-refractivity contribution in [3.05, 3.63) is 64.7 Å². The molecule has 1 unspecified atom stereocenters. The van der Waals surface area contributed by atoms with E-state index in [2.05, 4.69) is 66.5 Å². The largest absolute Gasteiger partial charge is 0.367 e. The quantitative estimate of drug-likeness (QED) is 0.915. The highest BCUT2D eigenvalue weighted by Gasteiger charge is 2.20. The van der Waals surface area contributed by atoms with E-state index in [1.165, 1.54) is 27.9 Å². The average molecular weight is 280 g/mol. The Bertz CT molecular complexity index is 633. The molecule has 2 nitrogen and oxygen atoms in total. The molecule has 21 heavy (non-hydrogen) atoms. The maximum atomic E-state index is 3.32. The molecule has 0 bridgehead atoms. The number of nitrogens with one attached hydrogen (secondary N) is 1. The lowest BCUT2D eigenvalue weighted by Gasteiger charge is -2.21. The summed E-state index contributed by atoms with van der Waals surface area (Å²) in [6, 6.07) is 16.0. The van der Waals surface area contributed by atoms with Crippen molar-refractivity contribution in [3.8, 4) is 0 Å². The van der Waals surface area contributed by atoms with Crippen molar-refractivity contribution in [2.45, 2.75) is 32.9 Å². The summed E-state index contributed by atoms with van der Waals surface area (Å²) in [5.41, 5.74) is 7.09. The fourth-order valence-electron chi connectivity index (χ4n) is 3.08. The smallest absolute Gasteiger partial charge is 0.0432 e. The van der Waals surface area contributed by atoms with Gasteiger partial charge in [0.05, 0.1) is 0 Å². The normalized spacial score (nSPS) is 15.1. The van der Waals surface area contributed by atoms with Gasteiger partial charge in [0, 0.05) is 24.8 Å². The van der Waals surface area contributed by atoms with Crippen LogP contribution in [0, 0.1) is 6.92 Å². The predicted octanol–water partition coefficient (Wildman–Crippen LogP) is 3.84. The van der Waals surface area contributed by atoms with Crippen LogP contribution in [0.15, 0.2) is 42.5 Å². The van der Waals surface area contributed by atoms with Crippen LogP contribution in [0.3, 0.4) is 0 Å². The van der Waals surface area contributed by atoms with Crippen molar-refractivity contribution >= 4 is 5.69 Å². The Hall–Kier alpha value is -1.80. The van der Waals surface area contributed by atoms with Crippen LogP contribution in [0.4, 0.5) is 5.69 Å². The lowest BCUT2D eigenvalue weighted by atomic mass is 10.0. The standard InChI is InChI=1S/C19H24N2/c1-14-6-4-5-7-18(14)13-21-11-10-17-12-16(15(2)20-3)8-9-19(17)21/h4-9,12,15,20H,10-11,13H2,1-3H3. The molecule has 1 aliphatic heterocycles. The van der Waals surface area contributed by atoms with E-state index >= 15 is 0 Å². The summed E-state index contributed by atoms with van der Waals surface area (Å²) in [6.45, 7) is 6.55. The minimum Gasteiger partial charge on any atom is -0.367 e. The Morgan fingerprint density at radius 3 is 2.76 bits per heavy atom. The van der Waals surface area contributed by atoms with Crippen LogP contribution in [-0.2, 0) is 13.0 Å². The van der Waals surface area contributed by atoms with Gasteiger partial charge in [0.15, 0.2) is 0 Å². The first-order chi connectivity index (χ1) is 10.2. The average Bonchev–Trinajstić information content (AvgIpc) is 2.91. The van der Waals surface area contributed by atoms with E-state index in [0.29, 0.717) is 6.04 Å². The Kier molecular flexibility index (Phi) is 3.98. The zero-order valence-corrected chi connectivity index (χ0v) is 13.2. The van der Waals surface area contributed by atoms with Gasteiger partial charge in [-0.2, -0.15) is 0 Å². The van der Waals surface area contributed by atoms with Gasteiger partial charge < -0.3 is 10.2 Å². The van der Waals surface area contributed by atoms with Gasteiger partial charge >= 0.3 is 0 Å². The Balaban J connectivity index is 1.83. The van der Waals surface area contributed by atoms with E-state index in [1.807, 2.05) is 7.05 Å². The number of rotatable bonds is 4. The molecule has 0 saturated carbocycles. The van der Waals surface area contributed by atoms with Crippen molar-refractivity contribution in [2.75, 3.05) is 18.5 Å². The minimum absolute atomic E-state index is 0.417. The fraction of sp³-hybridized carbons (Fsp3) is 0.368. The Labute approximate surface area is 127 Å². The monoisotopic (exact) mass is 280 g/mol. The van der Waals surface area contributed by atoms with Crippen molar-refractivity contribution in [1.29, 1.82) is 0 Å². The van der Waals surface area contributed by atoms with E-state index in [4.69, 9.17) is 0 Å². The summed E-state index contributed by atoms with van der Waals surface area (Å²) in [4.78, 5) is 2.51. The van der Waals surface area contributed by atoms with Crippen molar-refractivity contribution in [2.24, 2.45) is 0 Å². The first kappa shape index (κ1) is 14.2. The topological polar surface area (TPSA) is 15.3 Å². The molecule has 3 rings (SSSR count). The molecule has 2 aromatic carbocycles.